The Morgan fingerprint density at radius 2 is 1.71 bits per heavy atom. The van der Waals surface area contributed by atoms with Crippen LogP contribution in [0.5, 0.6) is 0 Å². The molecular weight excluding hydrogens is 298 g/mol. The van der Waals surface area contributed by atoms with Crippen LogP contribution >= 0.6 is 0 Å². The van der Waals surface area contributed by atoms with Crippen LogP contribution in [0.25, 0.3) is 0 Å². The number of anilines is 1. The van der Waals surface area contributed by atoms with Gasteiger partial charge in [0, 0.05) is 24.7 Å². The van der Waals surface area contributed by atoms with Crippen molar-refractivity contribution in [1.29, 1.82) is 5.26 Å². The summed E-state index contributed by atoms with van der Waals surface area (Å²) in [5.74, 6) is 0.488. The first-order valence-corrected chi connectivity index (χ1v) is 8.40. The molecule has 2 rings (SSSR count). The van der Waals surface area contributed by atoms with Gasteiger partial charge in [-0.15, -0.1) is 0 Å². The van der Waals surface area contributed by atoms with Gasteiger partial charge in [-0.05, 0) is 48.6 Å². The molecule has 0 spiro atoms. The van der Waals surface area contributed by atoms with Crippen LogP contribution in [0.2, 0.25) is 0 Å². The molecule has 1 amide bonds. The van der Waals surface area contributed by atoms with Crippen molar-refractivity contribution in [3.05, 3.63) is 59.9 Å². The molecule has 124 valence electrons. The topological polar surface area (TPSA) is 56.8 Å². The second kappa shape index (κ2) is 8.26. The molecule has 1 aromatic heterocycles. The highest BCUT2D eigenvalue weighted by atomic mass is 16.2. The molecule has 0 saturated heterocycles. The number of rotatable bonds is 6. The van der Waals surface area contributed by atoms with Gasteiger partial charge in [-0.1, -0.05) is 13.8 Å². The monoisotopic (exact) mass is 322 g/mol. The summed E-state index contributed by atoms with van der Waals surface area (Å²) in [6, 6.07) is 12.8. The Hall–Kier alpha value is -2.67. The van der Waals surface area contributed by atoms with Crippen molar-refractivity contribution in [1.82, 2.24) is 0 Å². The predicted molar refractivity (Wildman–Crippen MR) is 94.5 cm³/mol. The van der Waals surface area contributed by atoms with Crippen molar-refractivity contribution in [2.24, 2.45) is 0 Å². The number of carbonyl (C=O) groups is 1. The highest BCUT2D eigenvalue weighted by Gasteiger charge is 2.22. The summed E-state index contributed by atoms with van der Waals surface area (Å²) in [6.45, 7) is 6.27. The Morgan fingerprint density at radius 3 is 2.21 bits per heavy atom. The molecule has 0 bridgehead atoms. The largest absolute Gasteiger partial charge is 0.320 e. The lowest BCUT2D eigenvalue weighted by atomic mass is 9.95. The van der Waals surface area contributed by atoms with E-state index in [1.54, 1.807) is 24.3 Å². The summed E-state index contributed by atoms with van der Waals surface area (Å²) in [7, 11) is 0. The lowest BCUT2D eigenvalue weighted by molar-refractivity contribution is -0.705. The Balaban J connectivity index is 2.05. The first kappa shape index (κ1) is 17.7. The van der Waals surface area contributed by atoms with E-state index in [0.717, 1.165) is 12.8 Å². The van der Waals surface area contributed by atoms with Gasteiger partial charge in [0.05, 0.1) is 11.6 Å². The summed E-state index contributed by atoms with van der Waals surface area (Å²) >= 11 is 0. The highest BCUT2D eigenvalue weighted by Crippen LogP contribution is 2.21. The number of pyridine rings is 1. The zero-order valence-corrected chi connectivity index (χ0v) is 14.5. The summed E-state index contributed by atoms with van der Waals surface area (Å²) in [5.41, 5.74) is 2.59. The third-order valence-electron chi connectivity index (χ3n) is 4.44. The first-order valence-electron chi connectivity index (χ1n) is 8.40. The number of nitrogens with zero attached hydrogens (tertiary/aromatic N) is 2. The number of nitrogens with one attached hydrogen (secondary N) is 1. The molecule has 4 nitrogen and oxygen atoms in total. The maximum Gasteiger partial charge on any atom is 0.293 e. The molecule has 0 unspecified atom stereocenters. The van der Waals surface area contributed by atoms with E-state index in [4.69, 9.17) is 5.26 Å². The molecular formula is C20H24N3O+. The lowest BCUT2D eigenvalue weighted by Crippen LogP contribution is -2.44. The van der Waals surface area contributed by atoms with Gasteiger partial charge in [0.15, 0.2) is 12.4 Å². The minimum absolute atomic E-state index is 0.0833. The van der Waals surface area contributed by atoms with Crippen molar-refractivity contribution in [2.45, 2.75) is 45.6 Å². The van der Waals surface area contributed by atoms with E-state index in [1.165, 1.54) is 5.56 Å². The van der Waals surface area contributed by atoms with Crippen LogP contribution < -0.4 is 9.88 Å². The third kappa shape index (κ3) is 4.20. The number of nitriles is 1. The van der Waals surface area contributed by atoms with E-state index >= 15 is 0 Å². The Bertz CT molecular complexity index is 710. The van der Waals surface area contributed by atoms with Crippen LogP contribution in [0.1, 0.15) is 56.7 Å². The Morgan fingerprint density at radius 1 is 1.12 bits per heavy atom. The zero-order chi connectivity index (χ0) is 17.5. The number of hydrogen-bond acceptors (Lipinski definition) is 2. The fraction of sp³-hybridized carbons (Fsp3) is 0.350. The van der Waals surface area contributed by atoms with Crippen molar-refractivity contribution >= 4 is 11.6 Å². The molecule has 4 heteroatoms. The minimum Gasteiger partial charge on any atom is -0.320 e. The number of hydrogen-bond donors (Lipinski definition) is 1. The first-order chi connectivity index (χ1) is 11.6. The smallest absolute Gasteiger partial charge is 0.293 e. The fourth-order valence-corrected chi connectivity index (χ4v) is 2.75. The van der Waals surface area contributed by atoms with Crippen molar-refractivity contribution in [3.8, 4) is 6.07 Å². The Kier molecular flexibility index (Phi) is 6.08. The van der Waals surface area contributed by atoms with Crippen LogP contribution in [-0.2, 0) is 4.79 Å². The van der Waals surface area contributed by atoms with Crippen LogP contribution in [0.15, 0.2) is 48.8 Å². The molecule has 1 aromatic carbocycles. The molecule has 0 aliphatic heterocycles. The van der Waals surface area contributed by atoms with Crippen LogP contribution in [-0.4, -0.2) is 5.91 Å². The number of amides is 1. The molecule has 0 aliphatic rings. The van der Waals surface area contributed by atoms with E-state index in [9.17, 15) is 4.79 Å². The van der Waals surface area contributed by atoms with E-state index in [0.29, 0.717) is 17.2 Å². The van der Waals surface area contributed by atoms with Gasteiger partial charge >= 0.3 is 0 Å². The SMILES string of the molecule is CCC(CC)c1cc[n+]([C@H](C)C(=O)Nc2ccc(C#N)cc2)cc1. The van der Waals surface area contributed by atoms with Gasteiger partial charge in [-0.25, -0.2) is 0 Å². The maximum absolute atomic E-state index is 12.4. The minimum atomic E-state index is -0.309. The maximum atomic E-state index is 12.4. The summed E-state index contributed by atoms with van der Waals surface area (Å²) < 4.78 is 1.91. The molecule has 1 atom stereocenters. The van der Waals surface area contributed by atoms with Crippen molar-refractivity contribution < 1.29 is 9.36 Å². The lowest BCUT2D eigenvalue weighted by Gasteiger charge is -2.13. The van der Waals surface area contributed by atoms with E-state index in [2.05, 4.69) is 37.4 Å². The van der Waals surface area contributed by atoms with Gasteiger partial charge in [-0.2, -0.15) is 9.83 Å². The van der Waals surface area contributed by atoms with Gasteiger partial charge in [0.1, 0.15) is 0 Å². The van der Waals surface area contributed by atoms with Crippen LogP contribution in [0, 0.1) is 11.3 Å². The highest BCUT2D eigenvalue weighted by molar-refractivity contribution is 5.92. The van der Waals surface area contributed by atoms with Gasteiger partial charge in [-0.3, -0.25) is 4.79 Å². The van der Waals surface area contributed by atoms with E-state index < -0.39 is 0 Å². The molecule has 0 aliphatic carbocycles. The number of carbonyl (C=O) groups excluding carboxylic acids is 1. The van der Waals surface area contributed by atoms with Crippen LogP contribution in [0.3, 0.4) is 0 Å². The van der Waals surface area contributed by atoms with Crippen molar-refractivity contribution in [2.75, 3.05) is 5.32 Å². The molecule has 0 fully saturated rings. The number of benzene rings is 1. The average molecular weight is 322 g/mol. The van der Waals surface area contributed by atoms with Crippen molar-refractivity contribution in [3.63, 3.8) is 0 Å². The second-order valence-corrected chi connectivity index (χ2v) is 5.95. The number of aromatic nitrogens is 1. The quantitative estimate of drug-likeness (QED) is 0.819. The predicted octanol–water partition coefficient (Wildman–Crippen LogP) is 3.95. The zero-order valence-electron chi connectivity index (χ0n) is 14.5. The summed E-state index contributed by atoms with van der Waals surface area (Å²) in [6.07, 6.45) is 6.18. The molecule has 1 heterocycles. The summed E-state index contributed by atoms with van der Waals surface area (Å²) in [4.78, 5) is 12.4. The fourth-order valence-electron chi connectivity index (χ4n) is 2.75. The standard InChI is InChI=1S/C20H23N3O/c1-4-17(5-2)18-10-12-23(13-11-18)15(3)20(24)22-19-8-6-16(14-21)7-9-19/h6-13,15,17H,4-5H2,1-3H3/p+1/t15-/m1/s1. The molecule has 1 N–H and O–H groups in total. The average Bonchev–Trinajstić information content (AvgIpc) is 2.63. The van der Waals surface area contributed by atoms with Gasteiger partial charge < -0.3 is 5.32 Å². The molecule has 2 aromatic rings. The molecule has 0 radical (unpaired) electrons. The van der Waals surface area contributed by atoms with Gasteiger partial charge in [0.2, 0.25) is 6.04 Å². The van der Waals surface area contributed by atoms with Crippen LogP contribution in [0.4, 0.5) is 5.69 Å². The van der Waals surface area contributed by atoms with Gasteiger partial charge in [0.25, 0.3) is 5.91 Å². The Labute approximate surface area is 143 Å². The second-order valence-electron chi connectivity index (χ2n) is 5.95. The normalized spacial score (nSPS) is 11.8. The molecule has 24 heavy (non-hydrogen) atoms. The third-order valence-corrected chi connectivity index (χ3v) is 4.44. The van der Waals surface area contributed by atoms with E-state index in [1.807, 2.05) is 23.9 Å². The van der Waals surface area contributed by atoms with E-state index in [-0.39, 0.29) is 11.9 Å². The molecule has 0 saturated carbocycles. The summed E-state index contributed by atoms with van der Waals surface area (Å²) in [5, 5.41) is 11.7.